The first-order valence-electron chi connectivity index (χ1n) is 6.26. The van der Waals surface area contributed by atoms with Gasteiger partial charge >= 0.3 is 0 Å². The van der Waals surface area contributed by atoms with Crippen molar-refractivity contribution in [2.24, 2.45) is 11.3 Å². The Labute approximate surface area is 96.3 Å². The normalized spacial score (nSPS) is 16.1. The van der Waals surface area contributed by atoms with Gasteiger partial charge in [0.1, 0.15) is 0 Å². The molecule has 0 amide bonds. The third-order valence-electron chi connectivity index (χ3n) is 3.25. The van der Waals surface area contributed by atoms with E-state index in [1.54, 1.807) is 0 Å². The number of nitrogens with one attached hydrogen (secondary N) is 1. The van der Waals surface area contributed by atoms with E-state index in [0.29, 0.717) is 11.5 Å². The lowest BCUT2D eigenvalue weighted by Crippen LogP contribution is -2.33. The first kappa shape index (κ1) is 14.7. The Morgan fingerprint density at radius 3 is 2.33 bits per heavy atom. The standard InChI is InChI=1S/C14H29N/c1-7-9-13(15-10-8-2)11-12(3)14(4,5)6/h7,12-13,15H,1,8-11H2,2-6H3. The van der Waals surface area contributed by atoms with Gasteiger partial charge in [0.25, 0.3) is 0 Å². The van der Waals surface area contributed by atoms with E-state index < -0.39 is 0 Å². The second kappa shape index (κ2) is 7.05. The van der Waals surface area contributed by atoms with E-state index in [2.05, 4.69) is 46.5 Å². The molecule has 0 fully saturated rings. The monoisotopic (exact) mass is 211 g/mol. The summed E-state index contributed by atoms with van der Waals surface area (Å²) in [4.78, 5) is 0. The molecule has 0 bridgehead atoms. The molecule has 2 atom stereocenters. The summed E-state index contributed by atoms with van der Waals surface area (Å²) in [5.74, 6) is 0.742. The van der Waals surface area contributed by atoms with Crippen LogP contribution in [0.15, 0.2) is 12.7 Å². The Hall–Kier alpha value is -0.300. The molecule has 0 spiro atoms. The van der Waals surface area contributed by atoms with Gasteiger partial charge < -0.3 is 5.32 Å². The van der Waals surface area contributed by atoms with Crippen LogP contribution >= 0.6 is 0 Å². The summed E-state index contributed by atoms with van der Waals surface area (Å²) < 4.78 is 0. The molecule has 0 aromatic carbocycles. The van der Waals surface area contributed by atoms with Crippen LogP contribution in [0.4, 0.5) is 0 Å². The van der Waals surface area contributed by atoms with Gasteiger partial charge in [-0.05, 0) is 37.1 Å². The van der Waals surface area contributed by atoms with Crippen molar-refractivity contribution < 1.29 is 0 Å². The Morgan fingerprint density at radius 1 is 1.33 bits per heavy atom. The second-order valence-electron chi connectivity index (χ2n) is 5.68. The van der Waals surface area contributed by atoms with Gasteiger partial charge in [0.15, 0.2) is 0 Å². The van der Waals surface area contributed by atoms with Crippen molar-refractivity contribution in [2.75, 3.05) is 6.54 Å². The summed E-state index contributed by atoms with van der Waals surface area (Å²) in [6, 6.07) is 0.608. The second-order valence-corrected chi connectivity index (χ2v) is 5.68. The van der Waals surface area contributed by atoms with Crippen molar-refractivity contribution in [1.29, 1.82) is 0 Å². The average Bonchev–Trinajstić information content (AvgIpc) is 2.13. The first-order valence-corrected chi connectivity index (χ1v) is 6.26. The zero-order valence-electron chi connectivity index (χ0n) is 11.3. The molecule has 1 nitrogen and oxygen atoms in total. The van der Waals surface area contributed by atoms with Crippen molar-refractivity contribution in [3.63, 3.8) is 0 Å². The molecular weight excluding hydrogens is 182 g/mol. The SMILES string of the molecule is C=CCC(CC(C)C(C)(C)C)NCCC. The van der Waals surface area contributed by atoms with Gasteiger partial charge in [0.2, 0.25) is 0 Å². The van der Waals surface area contributed by atoms with Crippen LogP contribution in [0.5, 0.6) is 0 Å². The Kier molecular flexibility index (Phi) is 6.91. The Balaban J connectivity index is 4.08. The van der Waals surface area contributed by atoms with E-state index in [1.165, 1.54) is 12.8 Å². The molecule has 0 rings (SSSR count). The van der Waals surface area contributed by atoms with Crippen molar-refractivity contribution in [1.82, 2.24) is 5.32 Å². The fourth-order valence-electron chi connectivity index (χ4n) is 1.59. The smallest absolute Gasteiger partial charge is 0.0104 e. The van der Waals surface area contributed by atoms with E-state index >= 15 is 0 Å². The predicted molar refractivity (Wildman–Crippen MR) is 70.1 cm³/mol. The molecule has 0 aliphatic carbocycles. The van der Waals surface area contributed by atoms with Gasteiger partial charge in [-0.1, -0.05) is 40.7 Å². The molecule has 2 unspecified atom stereocenters. The van der Waals surface area contributed by atoms with E-state index in [-0.39, 0.29) is 0 Å². The predicted octanol–water partition coefficient (Wildman–Crippen LogP) is 4.00. The highest BCUT2D eigenvalue weighted by molar-refractivity contribution is 4.82. The quantitative estimate of drug-likeness (QED) is 0.628. The van der Waals surface area contributed by atoms with Crippen LogP contribution < -0.4 is 5.32 Å². The summed E-state index contributed by atoms with van der Waals surface area (Å²) in [6.45, 7) is 16.5. The third-order valence-corrected chi connectivity index (χ3v) is 3.25. The molecule has 0 heterocycles. The maximum Gasteiger partial charge on any atom is 0.0104 e. The fraction of sp³-hybridized carbons (Fsp3) is 0.857. The number of hydrogen-bond donors (Lipinski definition) is 1. The average molecular weight is 211 g/mol. The van der Waals surface area contributed by atoms with Gasteiger partial charge in [-0.3, -0.25) is 0 Å². The van der Waals surface area contributed by atoms with Crippen LogP contribution in [-0.2, 0) is 0 Å². The maximum absolute atomic E-state index is 3.84. The van der Waals surface area contributed by atoms with Gasteiger partial charge in [0.05, 0.1) is 0 Å². The lowest BCUT2D eigenvalue weighted by molar-refractivity contribution is 0.223. The van der Waals surface area contributed by atoms with Crippen LogP contribution in [0.3, 0.4) is 0 Å². The lowest BCUT2D eigenvalue weighted by Gasteiger charge is -2.31. The lowest BCUT2D eigenvalue weighted by atomic mass is 9.78. The van der Waals surface area contributed by atoms with Crippen LogP contribution in [0, 0.1) is 11.3 Å². The molecule has 90 valence electrons. The highest BCUT2D eigenvalue weighted by Crippen LogP contribution is 2.29. The Bertz CT molecular complexity index is 167. The van der Waals surface area contributed by atoms with Crippen LogP contribution in [0.2, 0.25) is 0 Å². The largest absolute Gasteiger partial charge is 0.314 e. The Morgan fingerprint density at radius 2 is 1.93 bits per heavy atom. The fourth-order valence-corrected chi connectivity index (χ4v) is 1.59. The van der Waals surface area contributed by atoms with E-state index in [1.807, 2.05) is 6.08 Å². The summed E-state index contributed by atoms with van der Waals surface area (Å²) in [5, 5.41) is 3.60. The van der Waals surface area contributed by atoms with Gasteiger partial charge in [-0.25, -0.2) is 0 Å². The number of hydrogen-bond acceptors (Lipinski definition) is 1. The van der Waals surface area contributed by atoms with E-state index in [4.69, 9.17) is 0 Å². The van der Waals surface area contributed by atoms with Crippen LogP contribution in [-0.4, -0.2) is 12.6 Å². The molecule has 1 N–H and O–H groups in total. The minimum Gasteiger partial charge on any atom is -0.314 e. The zero-order valence-corrected chi connectivity index (χ0v) is 11.3. The van der Waals surface area contributed by atoms with Gasteiger partial charge in [-0.2, -0.15) is 0 Å². The molecule has 1 heteroatoms. The molecule has 0 aromatic heterocycles. The highest BCUT2D eigenvalue weighted by atomic mass is 14.9. The topological polar surface area (TPSA) is 12.0 Å². The minimum atomic E-state index is 0.410. The van der Waals surface area contributed by atoms with E-state index in [9.17, 15) is 0 Å². The van der Waals surface area contributed by atoms with Gasteiger partial charge in [0, 0.05) is 6.04 Å². The summed E-state index contributed by atoms with van der Waals surface area (Å²) in [7, 11) is 0. The van der Waals surface area contributed by atoms with Crippen LogP contribution in [0.1, 0.15) is 53.9 Å². The molecule has 0 aliphatic heterocycles. The third kappa shape index (κ3) is 6.72. The molecule has 15 heavy (non-hydrogen) atoms. The van der Waals surface area contributed by atoms with Crippen molar-refractivity contribution in [3.8, 4) is 0 Å². The van der Waals surface area contributed by atoms with Crippen molar-refractivity contribution in [3.05, 3.63) is 12.7 Å². The molecule has 0 saturated carbocycles. The molecule has 0 saturated heterocycles. The maximum atomic E-state index is 3.84. The molecule has 0 radical (unpaired) electrons. The minimum absolute atomic E-state index is 0.410. The molecule has 0 aliphatic rings. The molecule has 0 aromatic rings. The van der Waals surface area contributed by atoms with Crippen molar-refractivity contribution >= 4 is 0 Å². The van der Waals surface area contributed by atoms with E-state index in [0.717, 1.165) is 18.9 Å². The first-order chi connectivity index (χ1) is 6.91. The number of rotatable bonds is 7. The highest BCUT2D eigenvalue weighted by Gasteiger charge is 2.22. The summed E-state index contributed by atoms with van der Waals surface area (Å²) in [5.41, 5.74) is 0.410. The summed E-state index contributed by atoms with van der Waals surface area (Å²) in [6.07, 6.45) is 5.57. The van der Waals surface area contributed by atoms with Crippen LogP contribution in [0.25, 0.3) is 0 Å². The summed E-state index contributed by atoms with van der Waals surface area (Å²) >= 11 is 0. The van der Waals surface area contributed by atoms with Crippen molar-refractivity contribution in [2.45, 2.75) is 59.9 Å². The molecular formula is C14H29N. The zero-order chi connectivity index (χ0) is 11.9. The van der Waals surface area contributed by atoms with Gasteiger partial charge in [-0.15, -0.1) is 6.58 Å².